The summed E-state index contributed by atoms with van der Waals surface area (Å²) in [5.41, 5.74) is 6.11. The van der Waals surface area contributed by atoms with Crippen LogP contribution in [-0.4, -0.2) is 10.0 Å². The molecule has 0 spiro atoms. The number of halogens is 1. The predicted molar refractivity (Wildman–Crippen MR) is 108 cm³/mol. The van der Waals surface area contributed by atoms with E-state index in [-0.39, 0.29) is 5.60 Å². The van der Waals surface area contributed by atoms with E-state index >= 15 is 0 Å². The topological polar surface area (TPSA) is 18.5 Å². The number of fused-ring (bicyclic) bond motifs is 1. The lowest BCUT2D eigenvalue weighted by Gasteiger charge is -2.37. The lowest BCUT2D eigenvalue weighted by atomic mass is 9.88. The molecule has 1 heterocycles. The second kappa shape index (κ2) is 6.95. The molecule has 2 aromatic rings. The number of hydrogen-bond acceptors (Lipinski definition) is 2. The van der Waals surface area contributed by atoms with Crippen molar-refractivity contribution in [3.8, 4) is 11.5 Å². The zero-order valence-electron chi connectivity index (χ0n) is 14.9. The normalized spacial score (nSPS) is 19.5. The fourth-order valence-electron chi connectivity index (χ4n) is 3.32. The average Bonchev–Trinajstić information content (AvgIpc) is 2.60. The van der Waals surface area contributed by atoms with Crippen LogP contribution in [0.1, 0.15) is 41.2 Å². The first-order valence-corrected chi connectivity index (χ1v) is 10.0. The van der Waals surface area contributed by atoms with Gasteiger partial charge in [0.25, 0.3) is 0 Å². The number of ether oxygens (including phenoxy) is 2. The van der Waals surface area contributed by atoms with Gasteiger partial charge in [0, 0.05) is 9.99 Å². The summed E-state index contributed by atoms with van der Waals surface area (Å²) in [6.07, 6.45) is 2.12. The summed E-state index contributed by atoms with van der Waals surface area (Å²) in [6.45, 7) is 9.28. The average molecular weight is 436 g/mol. The molecule has 3 rings (SSSR count). The number of rotatable bonds is 4. The molecule has 0 amide bonds. The van der Waals surface area contributed by atoms with Gasteiger partial charge < -0.3 is 9.47 Å². The molecule has 2 nitrogen and oxygen atoms in total. The molecular formula is C21H25IO2. The third kappa shape index (κ3) is 3.28. The Labute approximate surface area is 158 Å². The van der Waals surface area contributed by atoms with Crippen LogP contribution in [-0.2, 0) is 13.0 Å². The van der Waals surface area contributed by atoms with Crippen molar-refractivity contribution in [1.29, 1.82) is 0 Å². The lowest BCUT2D eigenvalue weighted by molar-refractivity contribution is 0.0908. The molecule has 1 atom stereocenters. The molecular weight excluding hydrogens is 411 g/mol. The molecule has 24 heavy (non-hydrogen) atoms. The summed E-state index contributed by atoms with van der Waals surface area (Å²) >= 11 is 2.43. The van der Waals surface area contributed by atoms with E-state index in [2.05, 4.69) is 74.6 Å². The number of alkyl halides is 1. The Bertz CT molecular complexity index is 739. The van der Waals surface area contributed by atoms with E-state index in [0.29, 0.717) is 6.61 Å². The van der Waals surface area contributed by atoms with Crippen molar-refractivity contribution in [1.82, 2.24) is 0 Å². The predicted octanol–water partition coefficient (Wildman–Crippen LogP) is 5.71. The van der Waals surface area contributed by atoms with Crippen LogP contribution in [0.25, 0.3) is 0 Å². The van der Waals surface area contributed by atoms with Crippen molar-refractivity contribution in [3.63, 3.8) is 0 Å². The van der Waals surface area contributed by atoms with Gasteiger partial charge in [-0.05, 0) is 62.8 Å². The molecule has 0 unspecified atom stereocenters. The molecule has 1 aliphatic rings. The van der Waals surface area contributed by atoms with E-state index < -0.39 is 0 Å². The molecule has 0 saturated heterocycles. The number of benzene rings is 2. The third-order valence-electron chi connectivity index (χ3n) is 5.07. The summed E-state index contributed by atoms with van der Waals surface area (Å²) in [5.74, 6) is 2.11. The van der Waals surface area contributed by atoms with E-state index in [1.807, 2.05) is 6.07 Å². The molecule has 0 radical (unpaired) electrons. The summed E-state index contributed by atoms with van der Waals surface area (Å²) in [7, 11) is 0. The van der Waals surface area contributed by atoms with Crippen molar-refractivity contribution in [2.24, 2.45) is 0 Å². The van der Waals surface area contributed by atoms with Gasteiger partial charge >= 0.3 is 0 Å². The highest BCUT2D eigenvalue weighted by molar-refractivity contribution is 14.1. The van der Waals surface area contributed by atoms with E-state index in [0.717, 1.165) is 28.8 Å². The van der Waals surface area contributed by atoms with Crippen molar-refractivity contribution in [2.45, 2.75) is 52.7 Å². The summed E-state index contributed by atoms with van der Waals surface area (Å²) < 4.78 is 13.6. The largest absolute Gasteiger partial charge is 0.488 e. The molecule has 1 aliphatic heterocycles. The highest BCUT2D eigenvalue weighted by Crippen LogP contribution is 2.44. The highest BCUT2D eigenvalue weighted by atomic mass is 127. The minimum Gasteiger partial charge on any atom is -0.488 e. The van der Waals surface area contributed by atoms with Crippen LogP contribution in [0.5, 0.6) is 11.5 Å². The first kappa shape index (κ1) is 17.6. The summed E-state index contributed by atoms with van der Waals surface area (Å²) in [6, 6.07) is 10.3. The van der Waals surface area contributed by atoms with Crippen molar-refractivity contribution in [3.05, 3.63) is 58.1 Å². The molecule has 3 heteroatoms. The Kier molecular flexibility index (Phi) is 5.09. The van der Waals surface area contributed by atoms with E-state index in [4.69, 9.17) is 9.47 Å². The standard InChI is InChI=1S/C21H25IO2/c1-14-15(2)20-18(10-11-21(4,13-22)24-20)16(3)19(14)23-12-17-8-6-5-7-9-17/h5-9H,10-13H2,1-4H3/t21-/m0/s1. The van der Waals surface area contributed by atoms with Gasteiger partial charge in [0.2, 0.25) is 0 Å². The first-order valence-electron chi connectivity index (χ1n) is 8.49. The maximum Gasteiger partial charge on any atom is 0.127 e. The number of hydrogen-bond donors (Lipinski definition) is 0. The highest BCUT2D eigenvalue weighted by Gasteiger charge is 2.33. The fourth-order valence-corrected chi connectivity index (χ4v) is 3.86. The molecule has 0 bridgehead atoms. The second-order valence-corrected chi connectivity index (χ2v) is 7.73. The molecule has 0 saturated carbocycles. The minimum absolute atomic E-state index is 0.0520. The van der Waals surface area contributed by atoms with Gasteiger partial charge in [-0.2, -0.15) is 0 Å². The third-order valence-corrected chi connectivity index (χ3v) is 6.69. The van der Waals surface area contributed by atoms with Crippen LogP contribution in [0.15, 0.2) is 30.3 Å². The van der Waals surface area contributed by atoms with Crippen LogP contribution < -0.4 is 9.47 Å². The quantitative estimate of drug-likeness (QED) is 0.452. The monoisotopic (exact) mass is 436 g/mol. The Morgan fingerprint density at radius 3 is 2.46 bits per heavy atom. The van der Waals surface area contributed by atoms with Crippen molar-refractivity contribution in [2.75, 3.05) is 4.43 Å². The van der Waals surface area contributed by atoms with Crippen LogP contribution in [0, 0.1) is 20.8 Å². The van der Waals surface area contributed by atoms with Gasteiger partial charge in [0.1, 0.15) is 23.7 Å². The SMILES string of the molecule is Cc1c(C)c2c(c(C)c1OCc1ccccc1)CC[C@@](C)(CI)O2. The van der Waals surface area contributed by atoms with Gasteiger partial charge in [0.05, 0.1) is 0 Å². The molecule has 0 N–H and O–H groups in total. The van der Waals surface area contributed by atoms with Crippen LogP contribution in [0.3, 0.4) is 0 Å². The zero-order valence-corrected chi connectivity index (χ0v) is 17.1. The Morgan fingerprint density at radius 2 is 1.79 bits per heavy atom. The fraction of sp³-hybridized carbons (Fsp3) is 0.429. The van der Waals surface area contributed by atoms with Crippen LogP contribution in [0.4, 0.5) is 0 Å². The summed E-state index contributed by atoms with van der Waals surface area (Å²) in [4.78, 5) is 0. The van der Waals surface area contributed by atoms with Gasteiger partial charge in [0.15, 0.2) is 0 Å². The van der Waals surface area contributed by atoms with E-state index in [1.54, 1.807) is 0 Å². The molecule has 128 valence electrons. The first-order chi connectivity index (χ1) is 11.4. The maximum atomic E-state index is 6.42. The maximum absolute atomic E-state index is 6.42. The second-order valence-electron chi connectivity index (χ2n) is 6.97. The zero-order chi connectivity index (χ0) is 17.3. The van der Waals surface area contributed by atoms with E-state index in [1.165, 1.54) is 27.8 Å². The van der Waals surface area contributed by atoms with Crippen LogP contribution >= 0.6 is 22.6 Å². The molecule has 0 fully saturated rings. The van der Waals surface area contributed by atoms with Crippen molar-refractivity contribution < 1.29 is 9.47 Å². The molecule has 0 aromatic heterocycles. The Morgan fingerprint density at radius 1 is 1.08 bits per heavy atom. The van der Waals surface area contributed by atoms with Gasteiger partial charge in [-0.1, -0.05) is 52.9 Å². The van der Waals surface area contributed by atoms with Gasteiger partial charge in [-0.25, -0.2) is 0 Å². The van der Waals surface area contributed by atoms with E-state index in [9.17, 15) is 0 Å². The Hall–Kier alpha value is -1.23. The molecule has 0 aliphatic carbocycles. The van der Waals surface area contributed by atoms with Crippen molar-refractivity contribution >= 4 is 22.6 Å². The Balaban J connectivity index is 1.94. The molecule has 2 aromatic carbocycles. The van der Waals surface area contributed by atoms with Crippen LogP contribution in [0.2, 0.25) is 0 Å². The minimum atomic E-state index is -0.0520. The van der Waals surface area contributed by atoms with Gasteiger partial charge in [-0.3, -0.25) is 0 Å². The lowest BCUT2D eigenvalue weighted by Crippen LogP contribution is -2.38. The smallest absolute Gasteiger partial charge is 0.127 e. The van der Waals surface area contributed by atoms with Gasteiger partial charge in [-0.15, -0.1) is 0 Å². The summed E-state index contributed by atoms with van der Waals surface area (Å²) in [5, 5.41) is 0.